The highest BCUT2D eigenvalue weighted by Gasteiger charge is 2.27. The lowest BCUT2D eigenvalue weighted by Gasteiger charge is -2.33. The van der Waals surface area contributed by atoms with Crippen LogP contribution in [-0.2, 0) is 4.79 Å². The normalized spacial score (nSPS) is 27.5. The van der Waals surface area contributed by atoms with Crippen LogP contribution >= 0.6 is 0 Å². The maximum absolute atomic E-state index is 11.7. The molecule has 0 bridgehead atoms. The van der Waals surface area contributed by atoms with Crippen molar-refractivity contribution in [1.82, 2.24) is 10.2 Å². The Morgan fingerprint density at radius 3 is 2.62 bits per heavy atom. The van der Waals surface area contributed by atoms with E-state index in [1.807, 2.05) is 6.92 Å². The molecule has 0 heterocycles. The summed E-state index contributed by atoms with van der Waals surface area (Å²) in [6.45, 7) is 2.66. The van der Waals surface area contributed by atoms with Gasteiger partial charge in [0, 0.05) is 20.1 Å². The number of amides is 1. The molecule has 0 aromatic heterocycles. The van der Waals surface area contributed by atoms with Crippen LogP contribution in [0, 0.1) is 5.92 Å². The standard InChI is InChI=1S/C12H25N3O/c1-9(12(16)15(2)3)14-11-7-5-4-6-10(11)8-13/h9-11,14H,4-8,13H2,1-3H3. The molecule has 3 atom stereocenters. The fourth-order valence-corrected chi connectivity index (χ4v) is 2.49. The molecular weight excluding hydrogens is 202 g/mol. The molecule has 94 valence electrons. The monoisotopic (exact) mass is 227 g/mol. The summed E-state index contributed by atoms with van der Waals surface area (Å²) in [5.74, 6) is 0.674. The Bertz CT molecular complexity index is 230. The first-order valence-electron chi connectivity index (χ1n) is 6.23. The van der Waals surface area contributed by atoms with Gasteiger partial charge in [-0.3, -0.25) is 4.79 Å². The van der Waals surface area contributed by atoms with Crippen molar-refractivity contribution in [1.29, 1.82) is 0 Å². The Morgan fingerprint density at radius 2 is 2.06 bits per heavy atom. The molecule has 0 saturated heterocycles. The first-order chi connectivity index (χ1) is 7.56. The van der Waals surface area contributed by atoms with E-state index in [0.29, 0.717) is 12.0 Å². The molecule has 0 aliphatic heterocycles. The molecule has 1 aliphatic carbocycles. The summed E-state index contributed by atoms with van der Waals surface area (Å²) in [4.78, 5) is 13.4. The Labute approximate surface area is 98.6 Å². The van der Waals surface area contributed by atoms with Gasteiger partial charge in [0.05, 0.1) is 6.04 Å². The molecule has 1 aliphatic rings. The summed E-state index contributed by atoms with van der Waals surface area (Å²) >= 11 is 0. The number of likely N-dealkylation sites (N-methyl/N-ethyl adjacent to an activating group) is 1. The van der Waals surface area contributed by atoms with E-state index >= 15 is 0 Å². The van der Waals surface area contributed by atoms with Crippen LogP contribution in [0.5, 0.6) is 0 Å². The largest absolute Gasteiger partial charge is 0.347 e. The Balaban J connectivity index is 2.47. The lowest BCUT2D eigenvalue weighted by atomic mass is 9.84. The minimum absolute atomic E-state index is 0.104. The average Bonchev–Trinajstić information content (AvgIpc) is 2.28. The molecule has 4 nitrogen and oxygen atoms in total. The topological polar surface area (TPSA) is 58.4 Å². The molecule has 0 aromatic carbocycles. The quantitative estimate of drug-likeness (QED) is 0.738. The molecule has 0 spiro atoms. The Hall–Kier alpha value is -0.610. The van der Waals surface area contributed by atoms with Crippen LogP contribution in [0.3, 0.4) is 0 Å². The number of hydrogen-bond donors (Lipinski definition) is 2. The lowest BCUT2D eigenvalue weighted by molar-refractivity contribution is -0.130. The number of carbonyl (C=O) groups excluding carboxylic acids is 1. The van der Waals surface area contributed by atoms with Gasteiger partial charge in [0.1, 0.15) is 0 Å². The van der Waals surface area contributed by atoms with Crippen LogP contribution in [0.2, 0.25) is 0 Å². The van der Waals surface area contributed by atoms with Crippen molar-refractivity contribution in [3.8, 4) is 0 Å². The average molecular weight is 227 g/mol. The van der Waals surface area contributed by atoms with Gasteiger partial charge in [0.15, 0.2) is 0 Å². The van der Waals surface area contributed by atoms with Gasteiger partial charge in [-0.25, -0.2) is 0 Å². The first-order valence-corrected chi connectivity index (χ1v) is 6.23. The third kappa shape index (κ3) is 3.46. The van der Waals surface area contributed by atoms with Gasteiger partial charge >= 0.3 is 0 Å². The smallest absolute Gasteiger partial charge is 0.238 e. The van der Waals surface area contributed by atoms with Gasteiger partial charge in [-0.1, -0.05) is 12.8 Å². The fourth-order valence-electron chi connectivity index (χ4n) is 2.49. The molecule has 4 heteroatoms. The van der Waals surface area contributed by atoms with Crippen LogP contribution in [0.1, 0.15) is 32.6 Å². The number of carbonyl (C=O) groups is 1. The summed E-state index contributed by atoms with van der Waals surface area (Å²) in [5.41, 5.74) is 5.77. The van der Waals surface area contributed by atoms with Crippen LogP contribution in [0.15, 0.2) is 0 Å². The molecule has 16 heavy (non-hydrogen) atoms. The van der Waals surface area contributed by atoms with Gasteiger partial charge in [-0.05, 0) is 32.2 Å². The highest BCUT2D eigenvalue weighted by molar-refractivity contribution is 5.80. The zero-order valence-electron chi connectivity index (χ0n) is 10.7. The van der Waals surface area contributed by atoms with Crippen molar-refractivity contribution < 1.29 is 4.79 Å². The highest BCUT2D eigenvalue weighted by atomic mass is 16.2. The number of nitrogens with one attached hydrogen (secondary N) is 1. The van der Waals surface area contributed by atoms with E-state index in [1.54, 1.807) is 19.0 Å². The lowest BCUT2D eigenvalue weighted by Crippen LogP contribution is -2.50. The fraction of sp³-hybridized carbons (Fsp3) is 0.917. The van der Waals surface area contributed by atoms with E-state index in [4.69, 9.17) is 5.73 Å². The van der Waals surface area contributed by atoms with Gasteiger partial charge in [0.25, 0.3) is 0 Å². The number of nitrogens with two attached hydrogens (primary N) is 1. The molecule has 3 N–H and O–H groups in total. The zero-order chi connectivity index (χ0) is 12.1. The van der Waals surface area contributed by atoms with Crippen LogP contribution < -0.4 is 11.1 Å². The third-order valence-corrected chi connectivity index (χ3v) is 3.49. The van der Waals surface area contributed by atoms with Crippen molar-refractivity contribution in [2.24, 2.45) is 11.7 Å². The Kier molecular flexibility index (Phi) is 5.22. The molecule has 1 fully saturated rings. The second-order valence-corrected chi connectivity index (χ2v) is 5.01. The van der Waals surface area contributed by atoms with Crippen molar-refractivity contribution in [3.05, 3.63) is 0 Å². The minimum atomic E-state index is -0.104. The number of rotatable bonds is 4. The molecule has 1 amide bonds. The minimum Gasteiger partial charge on any atom is -0.347 e. The van der Waals surface area contributed by atoms with Gasteiger partial charge in [-0.15, -0.1) is 0 Å². The molecule has 3 unspecified atom stereocenters. The van der Waals surface area contributed by atoms with Gasteiger partial charge in [-0.2, -0.15) is 0 Å². The first kappa shape index (κ1) is 13.5. The van der Waals surface area contributed by atoms with E-state index in [0.717, 1.165) is 13.0 Å². The maximum Gasteiger partial charge on any atom is 0.238 e. The Morgan fingerprint density at radius 1 is 1.44 bits per heavy atom. The summed E-state index contributed by atoms with van der Waals surface area (Å²) in [5, 5.41) is 3.43. The maximum atomic E-state index is 11.7. The third-order valence-electron chi connectivity index (χ3n) is 3.49. The predicted molar refractivity (Wildman–Crippen MR) is 66.1 cm³/mol. The van der Waals surface area contributed by atoms with E-state index in [9.17, 15) is 4.79 Å². The van der Waals surface area contributed by atoms with E-state index < -0.39 is 0 Å². The predicted octanol–water partition coefficient (Wildman–Crippen LogP) is 0.570. The summed E-state index contributed by atoms with van der Waals surface area (Å²) in [6, 6.07) is 0.310. The second-order valence-electron chi connectivity index (χ2n) is 5.01. The SMILES string of the molecule is CC(NC1CCCCC1CN)C(=O)N(C)C. The molecule has 1 rings (SSSR count). The van der Waals surface area contributed by atoms with Crippen molar-refractivity contribution in [2.45, 2.75) is 44.7 Å². The molecule has 0 radical (unpaired) electrons. The summed E-state index contributed by atoms with van der Waals surface area (Å²) < 4.78 is 0. The van der Waals surface area contributed by atoms with Crippen molar-refractivity contribution in [2.75, 3.05) is 20.6 Å². The van der Waals surface area contributed by atoms with Gasteiger partial charge in [0.2, 0.25) is 5.91 Å². The highest BCUT2D eigenvalue weighted by Crippen LogP contribution is 2.23. The van der Waals surface area contributed by atoms with Crippen molar-refractivity contribution in [3.63, 3.8) is 0 Å². The van der Waals surface area contributed by atoms with Crippen LogP contribution in [0.4, 0.5) is 0 Å². The van der Waals surface area contributed by atoms with Crippen LogP contribution in [0.25, 0.3) is 0 Å². The van der Waals surface area contributed by atoms with E-state index in [1.165, 1.54) is 19.3 Å². The van der Waals surface area contributed by atoms with Crippen molar-refractivity contribution >= 4 is 5.91 Å². The molecular formula is C12H25N3O. The van der Waals surface area contributed by atoms with E-state index in [-0.39, 0.29) is 11.9 Å². The number of nitrogens with zero attached hydrogens (tertiary/aromatic N) is 1. The molecule has 1 saturated carbocycles. The summed E-state index contributed by atoms with van der Waals surface area (Å²) in [7, 11) is 3.59. The number of hydrogen-bond acceptors (Lipinski definition) is 3. The molecule has 0 aromatic rings. The second kappa shape index (κ2) is 6.21. The van der Waals surface area contributed by atoms with E-state index in [2.05, 4.69) is 5.32 Å². The van der Waals surface area contributed by atoms with Crippen LogP contribution in [-0.4, -0.2) is 43.5 Å². The zero-order valence-corrected chi connectivity index (χ0v) is 10.7. The van der Waals surface area contributed by atoms with Gasteiger partial charge < -0.3 is 16.0 Å². The summed E-state index contributed by atoms with van der Waals surface area (Å²) in [6.07, 6.45) is 4.86.